The second-order valence-electron chi connectivity index (χ2n) is 5.61. The van der Waals surface area contributed by atoms with Crippen LogP contribution in [-0.2, 0) is 9.84 Å². The third kappa shape index (κ3) is 4.04. The summed E-state index contributed by atoms with van der Waals surface area (Å²) in [5.41, 5.74) is 1.68. The minimum atomic E-state index is -3.03. The van der Waals surface area contributed by atoms with Crippen molar-refractivity contribution in [3.63, 3.8) is 0 Å². The fourth-order valence-corrected chi connectivity index (χ4v) is 4.34. The van der Waals surface area contributed by atoms with Gasteiger partial charge in [0.25, 0.3) is 5.91 Å². The van der Waals surface area contributed by atoms with E-state index in [1.54, 1.807) is 18.2 Å². The smallest absolute Gasteiger partial charge is 0.270 e. The van der Waals surface area contributed by atoms with Crippen LogP contribution in [0, 0.1) is 0 Å². The van der Waals surface area contributed by atoms with Crippen molar-refractivity contribution in [1.29, 1.82) is 0 Å². The number of carbonyl (C=O) groups is 1. The zero-order valence-corrected chi connectivity index (χ0v) is 14.3. The van der Waals surface area contributed by atoms with Crippen molar-refractivity contribution >= 4 is 38.7 Å². The number of para-hydroxylation sites is 1. The Morgan fingerprint density at radius 2 is 2.00 bits per heavy atom. The number of nitrogens with one attached hydrogen (secondary N) is 2. The van der Waals surface area contributed by atoms with Gasteiger partial charge in [-0.2, -0.15) is 0 Å². The number of benzene rings is 1. The largest absolute Gasteiger partial charge is 0.353 e. The van der Waals surface area contributed by atoms with Gasteiger partial charge in [-0.15, -0.1) is 0 Å². The zero-order chi connectivity index (χ0) is 17.2. The molecule has 0 spiro atoms. The highest BCUT2D eigenvalue weighted by atomic mass is 35.5. The van der Waals surface area contributed by atoms with Gasteiger partial charge in [0, 0.05) is 6.04 Å². The van der Waals surface area contributed by atoms with E-state index in [0.717, 1.165) is 5.69 Å². The molecule has 1 aromatic heterocycles. The fraction of sp³-hybridized carbons (Fsp3) is 0.250. The van der Waals surface area contributed by atoms with Crippen LogP contribution in [0.15, 0.2) is 42.6 Å². The van der Waals surface area contributed by atoms with E-state index < -0.39 is 9.84 Å². The number of hydrogen-bond acceptors (Lipinski definition) is 5. The Morgan fingerprint density at radius 3 is 2.62 bits per heavy atom. The second kappa shape index (κ2) is 6.78. The van der Waals surface area contributed by atoms with Crippen molar-refractivity contribution < 1.29 is 13.2 Å². The molecule has 0 bridgehead atoms. The van der Waals surface area contributed by atoms with Crippen molar-refractivity contribution in [3.05, 3.63) is 53.3 Å². The van der Waals surface area contributed by atoms with Crippen LogP contribution >= 0.6 is 11.6 Å². The average Bonchev–Trinajstić information content (AvgIpc) is 2.89. The number of sulfone groups is 1. The Hall–Kier alpha value is -2.12. The predicted molar refractivity (Wildman–Crippen MR) is 93.5 cm³/mol. The van der Waals surface area contributed by atoms with Crippen LogP contribution in [0.1, 0.15) is 16.9 Å². The van der Waals surface area contributed by atoms with Crippen molar-refractivity contribution in [2.45, 2.75) is 12.5 Å². The molecular weight excluding hydrogens is 350 g/mol. The molecular formula is C16H16ClN3O3S. The second-order valence-corrected chi connectivity index (χ2v) is 8.25. The molecule has 1 aromatic carbocycles. The Morgan fingerprint density at radius 1 is 1.21 bits per heavy atom. The zero-order valence-electron chi connectivity index (χ0n) is 12.7. The summed E-state index contributed by atoms with van der Waals surface area (Å²) in [6.07, 6.45) is 1.98. The van der Waals surface area contributed by atoms with Gasteiger partial charge in [0.2, 0.25) is 0 Å². The number of nitrogens with zero attached hydrogens (tertiary/aromatic N) is 1. The molecule has 0 aliphatic carbocycles. The van der Waals surface area contributed by atoms with Gasteiger partial charge in [-0.3, -0.25) is 4.79 Å². The maximum atomic E-state index is 12.1. The normalized spacial score (nSPS) is 19.0. The summed E-state index contributed by atoms with van der Waals surface area (Å²) in [6.45, 7) is 0. The van der Waals surface area contributed by atoms with Gasteiger partial charge in [0.05, 0.1) is 34.1 Å². The molecule has 1 atom stereocenters. The van der Waals surface area contributed by atoms with Gasteiger partial charge >= 0.3 is 0 Å². The quantitative estimate of drug-likeness (QED) is 0.868. The molecule has 1 fully saturated rings. The number of anilines is 2. The number of rotatable bonds is 4. The van der Waals surface area contributed by atoms with E-state index in [2.05, 4.69) is 15.6 Å². The lowest BCUT2D eigenvalue weighted by atomic mass is 10.2. The van der Waals surface area contributed by atoms with E-state index in [1.807, 2.05) is 18.2 Å². The van der Waals surface area contributed by atoms with Gasteiger partial charge in [-0.05, 0) is 30.7 Å². The summed E-state index contributed by atoms with van der Waals surface area (Å²) in [7, 11) is -3.03. The first-order chi connectivity index (χ1) is 11.4. The molecule has 1 amide bonds. The monoisotopic (exact) mass is 365 g/mol. The molecule has 1 aliphatic rings. The summed E-state index contributed by atoms with van der Waals surface area (Å²) in [4.78, 5) is 16.2. The summed E-state index contributed by atoms with van der Waals surface area (Å²) >= 11 is 6.08. The standard InChI is InChI=1S/C16H16ClN3O3S/c17-13-3-1-2-4-14(13)19-11-5-6-15(18-9-11)16(21)20-12-7-8-24(22,23)10-12/h1-6,9,12,19H,7-8,10H2,(H,20,21). The Labute approximate surface area is 145 Å². The van der Waals surface area contributed by atoms with Crippen LogP contribution in [0.2, 0.25) is 5.02 Å². The lowest BCUT2D eigenvalue weighted by Crippen LogP contribution is -2.36. The van der Waals surface area contributed by atoms with Crippen LogP contribution in [-0.4, -0.2) is 36.9 Å². The SMILES string of the molecule is O=C(NC1CCS(=O)(=O)C1)c1ccc(Nc2ccccc2Cl)cn1. The number of amides is 1. The number of carbonyl (C=O) groups excluding carboxylic acids is 1. The highest BCUT2D eigenvalue weighted by Crippen LogP contribution is 2.24. The van der Waals surface area contributed by atoms with Gasteiger partial charge in [-0.25, -0.2) is 13.4 Å². The fourth-order valence-electron chi connectivity index (χ4n) is 2.49. The highest BCUT2D eigenvalue weighted by molar-refractivity contribution is 7.91. The van der Waals surface area contributed by atoms with Crippen molar-refractivity contribution in [1.82, 2.24) is 10.3 Å². The topological polar surface area (TPSA) is 88.2 Å². The first-order valence-electron chi connectivity index (χ1n) is 7.42. The summed E-state index contributed by atoms with van der Waals surface area (Å²) in [5, 5.41) is 6.41. The summed E-state index contributed by atoms with van der Waals surface area (Å²) < 4.78 is 22.8. The molecule has 2 aromatic rings. The molecule has 1 unspecified atom stereocenters. The van der Waals surface area contributed by atoms with Crippen LogP contribution in [0.4, 0.5) is 11.4 Å². The Bertz CT molecular complexity index is 853. The average molecular weight is 366 g/mol. The molecule has 2 heterocycles. The van der Waals surface area contributed by atoms with E-state index in [0.29, 0.717) is 17.1 Å². The number of aromatic nitrogens is 1. The van der Waals surface area contributed by atoms with E-state index in [1.165, 1.54) is 6.20 Å². The van der Waals surface area contributed by atoms with Crippen molar-refractivity contribution in [3.8, 4) is 0 Å². The molecule has 3 rings (SSSR count). The number of hydrogen-bond donors (Lipinski definition) is 2. The molecule has 126 valence electrons. The Balaban J connectivity index is 1.64. The van der Waals surface area contributed by atoms with Crippen molar-refractivity contribution in [2.75, 3.05) is 16.8 Å². The maximum absolute atomic E-state index is 12.1. The Kier molecular flexibility index (Phi) is 4.73. The first kappa shape index (κ1) is 16.7. The number of halogens is 1. The first-order valence-corrected chi connectivity index (χ1v) is 9.62. The molecule has 6 nitrogen and oxygen atoms in total. The molecule has 0 saturated carbocycles. The van der Waals surface area contributed by atoms with E-state index in [-0.39, 0.29) is 29.1 Å². The van der Waals surface area contributed by atoms with Crippen molar-refractivity contribution in [2.24, 2.45) is 0 Å². The van der Waals surface area contributed by atoms with Gasteiger partial charge in [0.15, 0.2) is 9.84 Å². The maximum Gasteiger partial charge on any atom is 0.270 e. The number of pyridine rings is 1. The predicted octanol–water partition coefficient (Wildman–Crippen LogP) is 2.40. The summed E-state index contributed by atoms with van der Waals surface area (Å²) in [5.74, 6) is -0.266. The van der Waals surface area contributed by atoms with Crippen LogP contribution in [0.3, 0.4) is 0 Å². The van der Waals surface area contributed by atoms with Gasteiger partial charge in [-0.1, -0.05) is 23.7 Å². The van der Waals surface area contributed by atoms with Crippen LogP contribution < -0.4 is 10.6 Å². The van der Waals surface area contributed by atoms with Gasteiger partial charge in [0.1, 0.15) is 5.69 Å². The third-order valence-corrected chi connectivity index (χ3v) is 5.81. The molecule has 8 heteroatoms. The van der Waals surface area contributed by atoms with E-state index in [4.69, 9.17) is 11.6 Å². The minimum absolute atomic E-state index is 0.00904. The van der Waals surface area contributed by atoms with E-state index >= 15 is 0 Å². The lowest BCUT2D eigenvalue weighted by Gasteiger charge is -2.11. The molecule has 0 radical (unpaired) electrons. The molecule has 2 N–H and O–H groups in total. The lowest BCUT2D eigenvalue weighted by molar-refractivity contribution is 0.0936. The highest BCUT2D eigenvalue weighted by Gasteiger charge is 2.29. The van der Waals surface area contributed by atoms with Crippen LogP contribution in [0.5, 0.6) is 0 Å². The van der Waals surface area contributed by atoms with E-state index in [9.17, 15) is 13.2 Å². The third-order valence-electron chi connectivity index (χ3n) is 3.72. The molecule has 1 aliphatic heterocycles. The van der Waals surface area contributed by atoms with Crippen LogP contribution in [0.25, 0.3) is 0 Å². The minimum Gasteiger partial charge on any atom is -0.353 e. The summed E-state index contributed by atoms with van der Waals surface area (Å²) in [6, 6.07) is 10.3. The molecule has 24 heavy (non-hydrogen) atoms. The van der Waals surface area contributed by atoms with Gasteiger partial charge < -0.3 is 10.6 Å². The molecule has 1 saturated heterocycles.